The fourth-order valence-corrected chi connectivity index (χ4v) is 2.31. The molecule has 0 aliphatic rings. The minimum Gasteiger partial charge on any atom is -0.370 e. The molecule has 1 aromatic carbocycles. The number of anilines is 1. The van der Waals surface area contributed by atoms with Crippen molar-refractivity contribution >= 4 is 21.6 Å². The molecule has 0 aliphatic heterocycles. The average molecular weight is 283 g/mol. The van der Waals surface area contributed by atoms with Crippen LogP contribution in [0.4, 0.5) is 5.69 Å². The van der Waals surface area contributed by atoms with Crippen LogP contribution in [0.15, 0.2) is 34.8 Å². The summed E-state index contributed by atoms with van der Waals surface area (Å²) in [7, 11) is 2.06. The Kier molecular flexibility index (Phi) is 4.56. The van der Waals surface area contributed by atoms with Gasteiger partial charge in [-0.3, -0.25) is 0 Å². The summed E-state index contributed by atoms with van der Waals surface area (Å²) in [6.45, 7) is 8.79. The molecule has 0 saturated heterocycles. The molecule has 0 aromatic heterocycles. The zero-order valence-corrected chi connectivity index (χ0v) is 11.7. The average Bonchev–Trinajstić information content (AvgIpc) is 2.15. The summed E-state index contributed by atoms with van der Waals surface area (Å²) in [5.41, 5.74) is 9.28. The van der Waals surface area contributed by atoms with Crippen molar-refractivity contribution in [2.24, 2.45) is 5.73 Å². The second kappa shape index (κ2) is 5.51. The third-order valence-corrected chi connectivity index (χ3v) is 3.05. The highest BCUT2D eigenvalue weighted by Gasteiger charge is 2.08. The van der Waals surface area contributed by atoms with Crippen molar-refractivity contribution in [1.82, 2.24) is 0 Å². The van der Waals surface area contributed by atoms with E-state index in [-0.39, 0.29) is 6.04 Å². The van der Waals surface area contributed by atoms with E-state index in [0.717, 1.165) is 27.8 Å². The number of hydrogen-bond donors (Lipinski definition) is 1. The van der Waals surface area contributed by atoms with Crippen LogP contribution in [0.2, 0.25) is 0 Å². The van der Waals surface area contributed by atoms with Gasteiger partial charge in [-0.05, 0) is 47.5 Å². The second-order valence-corrected chi connectivity index (χ2v) is 5.17. The Morgan fingerprint density at radius 1 is 1.56 bits per heavy atom. The van der Waals surface area contributed by atoms with Gasteiger partial charge >= 0.3 is 0 Å². The maximum Gasteiger partial charge on any atom is 0.0511 e. The van der Waals surface area contributed by atoms with Crippen LogP contribution in [0.25, 0.3) is 0 Å². The number of nitrogens with zero attached hydrogens (tertiary/aromatic N) is 1. The lowest BCUT2D eigenvalue weighted by molar-refractivity contribution is 0.816. The van der Waals surface area contributed by atoms with E-state index >= 15 is 0 Å². The van der Waals surface area contributed by atoms with Gasteiger partial charge in [0.1, 0.15) is 0 Å². The lowest BCUT2D eigenvalue weighted by Gasteiger charge is -2.21. The molecule has 16 heavy (non-hydrogen) atoms. The number of nitrogens with two attached hydrogens (primary N) is 1. The highest BCUT2D eigenvalue weighted by molar-refractivity contribution is 9.10. The van der Waals surface area contributed by atoms with Crippen molar-refractivity contribution in [2.45, 2.75) is 19.9 Å². The highest BCUT2D eigenvalue weighted by atomic mass is 79.9. The van der Waals surface area contributed by atoms with Gasteiger partial charge in [-0.1, -0.05) is 18.2 Å². The molecule has 1 atom stereocenters. The Bertz CT molecular complexity index is 386. The summed E-state index contributed by atoms with van der Waals surface area (Å²) in [6.07, 6.45) is 0. The maximum atomic E-state index is 5.84. The molecule has 1 rings (SSSR count). The van der Waals surface area contributed by atoms with E-state index in [2.05, 4.69) is 52.7 Å². The lowest BCUT2D eigenvalue weighted by atomic mass is 10.1. The third kappa shape index (κ3) is 3.35. The van der Waals surface area contributed by atoms with E-state index in [4.69, 9.17) is 5.73 Å². The molecular formula is C13H19BrN2. The third-order valence-electron chi connectivity index (χ3n) is 2.42. The molecule has 0 spiro atoms. The van der Waals surface area contributed by atoms with Gasteiger partial charge in [0.2, 0.25) is 0 Å². The molecular weight excluding hydrogens is 264 g/mol. The van der Waals surface area contributed by atoms with Crippen LogP contribution in [0.3, 0.4) is 0 Å². The first-order valence-corrected chi connectivity index (χ1v) is 6.11. The van der Waals surface area contributed by atoms with Crippen molar-refractivity contribution in [3.63, 3.8) is 0 Å². The number of likely N-dealkylation sites (N-methyl/N-ethyl adjacent to an activating group) is 1. The van der Waals surface area contributed by atoms with E-state index in [1.165, 1.54) is 0 Å². The monoisotopic (exact) mass is 282 g/mol. The van der Waals surface area contributed by atoms with Crippen LogP contribution in [-0.4, -0.2) is 13.6 Å². The first-order valence-electron chi connectivity index (χ1n) is 5.32. The van der Waals surface area contributed by atoms with Gasteiger partial charge in [-0.15, -0.1) is 0 Å². The van der Waals surface area contributed by atoms with Crippen LogP contribution >= 0.6 is 15.9 Å². The van der Waals surface area contributed by atoms with Crippen LogP contribution in [-0.2, 0) is 0 Å². The molecule has 3 heteroatoms. The van der Waals surface area contributed by atoms with Crippen molar-refractivity contribution in [2.75, 3.05) is 18.5 Å². The Hall–Kier alpha value is -0.800. The van der Waals surface area contributed by atoms with Crippen LogP contribution < -0.4 is 10.6 Å². The predicted molar refractivity (Wildman–Crippen MR) is 74.8 cm³/mol. The van der Waals surface area contributed by atoms with E-state index in [1.54, 1.807) is 0 Å². The minimum atomic E-state index is 0.0665. The Morgan fingerprint density at radius 2 is 2.19 bits per heavy atom. The quantitative estimate of drug-likeness (QED) is 0.857. The van der Waals surface area contributed by atoms with Gasteiger partial charge in [-0.25, -0.2) is 0 Å². The minimum absolute atomic E-state index is 0.0665. The number of halogens is 1. The van der Waals surface area contributed by atoms with E-state index in [0.29, 0.717) is 0 Å². The van der Waals surface area contributed by atoms with E-state index in [9.17, 15) is 0 Å². The first kappa shape index (κ1) is 13.3. The van der Waals surface area contributed by atoms with Gasteiger partial charge in [0.15, 0.2) is 0 Å². The molecule has 0 radical (unpaired) electrons. The standard InChI is InChI=1S/C13H19BrN2/c1-9(2)8-16(4)13-6-5-11(10(3)15)7-12(13)14/h5-7,10H,1,8,15H2,2-4H3/t10-/m0/s1. The Morgan fingerprint density at radius 3 is 2.62 bits per heavy atom. The predicted octanol–water partition coefficient (Wildman–Crippen LogP) is 3.48. The summed E-state index contributed by atoms with van der Waals surface area (Å²) in [5.74, 6) is 0. The molecule has 0 heterocycles. The fraction of sp³-hybridized carbons (Fsp3) is 0.385. The van der Waals surface area contributed by atoms with Crippen LogP contribution in [0.1, 0.15) is 25.5 Å². The first-order chi connectivity index (χ1) is 7.41. The molecule has 0 unspecified atom stereocenters. The molecule has 0 saturated carbocycles. The molecule has 2 N–H and O–H groups in total. The lowest BCUT2D eigenvalue weighted by Crippen LogP contribution is -2.19. The van der Waals surface area contributed by atoms with Crippen molar-refractivity contribution in [3.8, 4) is 0 Å². The molecule has 0 amide bonds. The van der Waals surface area contributed by atoms with Gasteiger partial charge in [-0.2, -0.15) is 0 Å². The largest absolute Gasteiger partial charge is 0.370 e. The molecule has 0 fully saturated rings. The number of hydrogen-bond acceptors (Lipinski definition) is 2. The van der Waals surface area contributed by atoms with Crippen molar-refractivity contribution in [1.29, 1.82) is 0 Å². The summed E-state index contributed by atoms with van der Waals surface area (Å²) < 4.78 is 1.08. The number of benzene rings is 1. The van der Waals surface area contributed by atoms with Gasteiger partial charge in [0.25, 0.3) is 0 Å². The molecule has 2 nitrogen and oxygen atoms in total. The molecule has 0 bridgehead atoms. The number of rotatable bonds is 4. The smallest absolute Gasteiger partial charge is 0.0511 e. The second-order valence-electron chi connectivity index (χ2n) is 4.31. The molecule has 0 aliphatic carbocycles. The van der Waals surface area contributed by atoms with Crippen molar-refractivity contribution in [3.05, 3.63) is 40.4 Å². The maximum absolute atomic E-state index is 5.84. The Labute approximate surface area is 106 Å². The summed E-state index contributed by atoms with van der Waals surface area (Å²) in [6, 6.07) is 6.30. The van der Waals surface area contributed by atoms with Gasteiger partial charge < -0.3 is 10.6 Å². The van der Waals surface area contributed by atoms with Crippen molar-refractivity contribution < 1.29 is 0 Å². The zero-order valence-electron chi connectivity index (χ0n) is 10.1. The molecule has 88 valence electrons. The van der Waals surface area contributed by atoms with Gasteiger partial charge in [0.05, 0.1) is 5.69 Å². The van der Waals surface area contributed by atoms with Crippen LogP contribution in [0, 0.1) is 0 Å². The fourth-order valence-electron chi connectivity index (χ4n) is 1.61. The summed E-state index contributed by atoms with van der Waals surface area (Å²) in [5, 5.41) is 0. The Balaban J connectivity index is 2.94. The summed E-state index contributed by atoms with van der Waals surface area (Å²) >= 11 is 3.58. The summed E-state index contributed by atoms with van der Waals surface area (Å²) in [4.78, 5) is 2.16. The van der Waals surface area contributed by atoms with Gasteiger partial charge in [0, 0.05) is 24.1 Å². The normalized spacial score (nSPS) is 12.3. The van der Waals surface area contributed by atoms with E-state index < -0.39 is 0 Å². The highest BCUT2D eigenvalue weighted by Crippen LogP contribution is 2.28. The van der Waals surface area contributed by atoms with Crippen LogP contribution in [0.5, 0.6) is 0 Å². The SMILES string of the molecule is C=C(C)CN(C)c1ccc([C@H](C)N)cc1Br. The topological polar surface area (TPSA) is 29.3 Å². The van der Waals surface area contributed by atoms with E-state index in [1.807, 2.05) is 13.8 Å². The zero-order chi connectivity index (χ0) is 12.3. The molecule has 1 aromatic rings.